The molecule has 0 aliphatic heterocycles. The lowest BCUT2D eigenvalue weighted by Crippen LogP contribution is -2.07. The van der Waals surface area contributed by atoms with Gasteiger partial charge in [0.2, 0.25) is 11.0 Å². The van der Waals surface area contributed by atoms with E-state index in [1.54, 1.807) is 43.8 Å². The smallest absolute Gasteiger partial charge is 0.250 e. The van der Waals surface area contributed by atoms with E-state index in [4.69, 9.17) is 9.47 Å². The third kappa shape index (κ3) is 4.23. The summed E-state index contributed by atoms with van der Waals surface area (Å²) in [6, 6.07) is 9.33. The van der Waals surface area contributed by atoms with E-state index in [0.717, 1.165) is 15.4 Å². The summed E-state index contributed by atoms with van der Waals surface area (Å²) in [5.74, 6) is 0.970. The van der Waals surface area contributed by atoms with Crippen LogP contribution >= 0.6 is 22.7 Å². The van der Waals surface area contributed by atoms with Crippen LogP contribution in [0.3, 0.4) is 0 Å². The highest BCUT2D eigenvalue weighted by molar-refractivity contribution is 7.23. The highest BCUT2D eigenvalue weighted by Crippen LogP contribution is 2.30. The number of amides is 1. The number of nitrogens with zero attached hydrogens (tertiary/aromatic N) is 2. The van der Waals surface area contributed by atoms with Crippen molar-refractivity contribution < 1.29 is 14.3 Å². The number of benzene rings is 1. The van der Waals surface area contributed by atoms with Crippen molar-refractivity contribution >= 4 is 39.8 Å². The quantitative estimate of drug-likeness (QED) is 0.663. The normalized spacial score (nSPS) is 10.8. The second-order valence-electron chi connectivity index (χ2n) is 4.83. The van der Waals surface area contributed by atoms with Gasteiger partial charge in [-0.2, -0.15) is 0 Å². The van der Waals surface area contributed by atoms with E-state index in [1.807, 2.05) is 23.6 Å². The van der Waals surface area contributed by atoms with Crippen LogP contribution in [0.1, 0.15) is 5.56 Å². The minimum absolute atomic E-state index is 0.274. The molecule has 8 heteroatoms. The number of nitrogens with one attached hydrogen (secondary N) is 1. The Bertz CT molecular complexity index is 888. The first-order valence-electron chi connectivity index (χ1n) is 7.28. The number of carbonyl (C=O) groups is 1. The number of methoxy groups -OCH3 is 2. The molecule has 25 heavy (non-hydrogen) atoms. The molecule has 2 aromatic heterocycles. The zero-order valence-electron chi connectivity index (χ0n) is 13.6. The summed E-state index contributed by atoms with van der Waals surface area (Å²) in [6.45, 7) is 0. The van der Waals surface area contributed by atoms with Crippen molar-refractivity contribution in [2.45, 2.75) is 0 Å². The highest BCUT2D eigenvalue weighted by Gasteiger charge is 2.09. The van der Waals surface area contributed by atoms with Gasteiger partial charge >= 0.3 is 0 Å². The van der Waals surface area contributed by atoms with Crippen LogP contribution in [0.5, 0.6) is 11.5 Å². The molecular formula is C17H15N3O3S2. The van der Waals surface area contributed by atoms with Gasteiger partial charge < -0.3 is 9.47 Å². The van der Waals surface area contributed by atoms with Crippen LogP contribution < -0.4 is 14.8 Å². The Morgan fingerprint density at radius 2 is 2.00 bits per heavy atom. The van der Waals surface area contributed by atoms with Gasteiger partial charge in [0.05, 0.1) is 19.1 Å². The van der Waals surface area contributed by atoms with E-state index in [9.17, 15) is 4.79 Å². The number of ether oxygens (including phenoxy) is 2. The maximum absolute atomic E-state index is 12.0. The molecule has 1 N–H and O–H groups in total. The number of hydrogen-bond acceptors (Lipinski definition) is 7. The van der Waals surface area contributed by atoms with Gasteiger partial charge in [0.1, 0.15) is 0 Å². The van der Waals surface area contributed by atoms with Gasteiger partial charge in [0.25, 0.3) is 0 Å². The Kier molecular flexibility index (Phi) is 5.42. The molecule has 3 aromatic rings. The van der Waals surface area contributed by atoms with E-state index in [0.29, 0.717) is 16.6 Å². The first-order valence-corrected chi connectivity index (χ1v) is 8.97. The molecule has 0 saturated heterocycles. The van der Waals surface area contributed by atoms with Gasteiger partial charge in [-0.05, 0) is 35.2 Å². The Balaban J connectivity index is 1.65. The zero-order valence-corrected chi connectivity index (χ0v) is 15.2. The summed E-state index contributed by atoms with van der Waals surface area (Å²) >= 11 is 2.92. The van der Waals surface area contributed by atoms with Crippen molar-refractivity contribution in [1.82, 2.24) is 10.2 Å². The van der Waals surface area contributed by atoms with Crippen molar-refractivity contribution in [1.29, 1.82) is 0 Å². The fourth-order valence-electron chi connectivity index (χ4n) is 2.05. The second kappa shape index (κ2) is 7.91. The maximum atomic E-state index is 12.0. The monoisotopic (exact) mass is 373 g/mol. The SMILES string of the molecule is COc1ccc(/C=C/C(=O)Nc2nnc(-c3cccs3)s2)cc1OC. The lowest BCUT2D eigenvalue weighted by Gasteiger charge is -2.07. The molecule has 0 aliphatic carbocycles. The zero-order chi connectivity index (χ0) is 17.6. The molecular weight excluding hydrogens is 358 g/mol. The van der Waals surface area contributed by atoms with Crippen LogP contribution in [0, 0.1) is 0 Å². The fourth-order valence-corrected chi connectivity index (χ4v) is 3.59. The molecule has 3 rings (SSSR count). The van der Waals surface area contributed by atoms with E-state index >= 15 is 0 Å². The molecule has 1 aromatic carbocycles. The summed E-state index contributed by atoms with van der Waals surface area (Å²) < 4.78 is 10.4. The molecule has 0 unspecified atom stereocenters. The number of rotatable bonds is 6. The molecule has 0 saturated carbocycles. The largest absolute Gasteiger partial charge is 0.493 e. The van der Waals surface area contributed by atoms with Crippen LogP contribution in [0.4, 0.5) is 5.13 Å². The fraction of sp³-hybridized carbons (Fsp3) is 0.118. The molecule has 2 heterocycles. The Morgan fingerprint density at radius 1 is 1.16 bits per heavy atom. The van der Waals surface area contributed by atoms with Gasteiger partial charge in [-0.15, -0.1) is 21.5 Å². The summed E-state index contributed by atoms with van der Waals surface area (Å²) in [5, 5.41) is 14.0. The first kappa shape index (κ1) is 17.1. The topological polar surface area (TPSA) is 73.3 Å². The van der Waals surface area contributed by atoms with Gasteiger partial charge in [0, 0.05) is 6.08 Å². The number of thiophene rings is 1. The minimum Gasteiger partial charge on any atom is -0.493 e. The molecule has 0 aliphatic rings. The van der Waals surface area contributed by atoms with Crippen LogP contribution in [0.25, 0.3) is 16.0 Å². The molecule has 1 amide bonds. The average molecular weight is 373 g/mol. The van der Waals surface area contributed by atoms with E-state index in [2.05, 4.69) is 15.5 Å². The predicted octanol–water partition coefficient (Wildman–Crippen LogP) is 3.94. The third-order valence-corrected chi connectivity index (χ3v) is 5.10. The van der Waals surface area contributed by atoms with E-state index < -0.39 is 0 Å². The number of hydrogen-bond donors (Lipinski definition) is 1. The van der Waals surface area contributed by atoms with E-state index in [1.165, 1.54) is 17.4 Å². The lowest BCUT2D eigenvalue weighted by atomic mass is 10.2. The predicted molar refractivity (Wildman–Crippen MR) is 100 cm³/mol. The average Bonchev–Trinajstić information content (AvgIpc) is 3.31. The molecule has 0 atom stereocenters. The van der Waals surface area contributed by atoms with Gasteiger partial charge in [-0.1, -0.05) is 23.5 Å². The summed E-state index contributed by atoms with van der Waals surface area (Å²) in [4.78, 5) is 13.1. The molecule has 128 valence electrons. The van der Waals surface area contributed by atoms with E-state index in [-0.39, 0.29) is 5.91 Å². The number of anilines is 1. The van der Waals surface area contributed by atoms with Crippen LogP contribution in [0.15, 0.2) is 41.8 Å². The third-order valence-electron chi connectivity index (χ3n) is 3.22. The van der Waals surface area contributed by atoms with Gasteiger partial charge in [-0.25, -0.2) is 0 Å². The maximum Gasteiger partial charge on any atom is 0.250 e. The lowest BCUT2D eigenvalue weighted by molar-refractivity contribution is -0.111. The summed E-state index contributed by atoms with van der Waals surface area (Å²) in [7, 11) is 3.14. The van der Waals surface area contributed by atoms with Crippen LogP contribution in [-0.2, 0) is 4.79 Å². The first-order chi connectivity index (χ1) is 12.2. The standard InChI is InChI=1S/C17H15N3O3S2/c1-22-12-7-5-11(10-13(12)23-2)6-8-15(21)18-17-20-19-16(25-17)14-4-3-9-24-14/h3-10H,1-2H3,(H,18,20,21)/b8-6+. The Morgan fingerprint density at radius 3 is 2.72 bits per heavy atom. The highest BCUT2D eigenvalue weighted by atomic mass is 32.1. The summed E-state index contributed by atoms with van der Waals surface area (Å²) in [6.07, 6.45) is 3.13. The Labute approximate surface area is 152 Å². The van der Waals surface area contributed by atoms with Crippen molar-refractivity contribution in [2.75, 3.05) is 19.5 Å². The van der Waals surface area contributed by atoms with Crippen molar-refractivity contribution in [3.63, 3.8) is 0 Å². The second-order valence-corrected chi connectivity index (χ2v) is 6.75. The molecule has 0 spiro atoms. The molecule has 6 nitrogen and oxygen atoms in total. The summed E-state index contributed by atoms with van der Waals surface area (Å²) in [5.41, 5.74) is 0.823. The Hall–Kier alpha value is -2.71. The minimum atomic E-state index is -0.274. The van der Waals surface area contributed by atoms with Crippen molar-refractivity contribution in [3.05, 3.63) is 47.4 Å². The number of aromatic nitrogens is 2. The van der Waals surface area contributed by atoms with Gasteiger partial charge in [-0.3, -0.25) is 10.1 Å². The van der Waals surface area contributed by atoms with Crippen LogP contribution in [-0.4, -0.2) is 30.3 Å². The molecule has 0 radical (unpaired) electrons. The van der Waals surface area contributed by atoms with Crippen molar-refractivity contribution in [2.24, 2.45) is 0 Å². The molecule has 0 bridgehead atoms. The van der Waals surface area contributed by atoms with Crippen molar-refractivity contribution in [3.8, 4) is 21.4 Å². The van der Waals surface area contributed by atoms with Crippen LogP contribution in [0.2, 0.25) is 0 Å². The van der Waals surface area contributed by atoms with Gasteiger partial charge in [0.15, 0.2) is 16.5 Å². The number of carbonyl (C=O) groups excluding carboxylic acids is 1. The molecule has 0 fully saturated rings.